The molecule has 1 N–H and O–H groups in total. The van der Waals surface area contributed by atoms with Crippen LogP contribution in [-0.4, -0.2) is 18.3 Å². The summed E-state index contributed by atoms with van der Waals surface area (Å²) in [6.07, 6.45) is 6.78. The lowest BCUT2D eigenvalue weighted by Gasteiger charge is -2.11. The summed E-state index contributed by atoms with van der Waals surface area (Å²) in [6, 6.07) is 0. The fourth-order valence-corrected chi connectivity index (χ4v) is 2.23. The Labute approximate surface area is 97.8 Å². The monoisotopic (exact) mass is 231 g/mol. The Morgan fingerprint density at radius 2 is 2.13 bits per heavy atom. The summed E-state index contributed by atoms with van der Waals surface area (Å²) in [6.45, 7) is 2.96. The second-order valence-corrected chi connectivity index (χ2v) is 4.98. The van der Waals surface area contributed by atoms with Gasteiger partial charge >= 0.3 is 0 Å². The maximum absolute atomic E-state index is 11.6. The SMILES string of the molecule is CC(CCl)CCCNC(=O)C1CCCC1. The predicted molar refractivity (Wildman–Crippen MR) is 64.1 cm³/mol. The van der Waals surface area contributed by atoms with Crippen LogP contribution >= 0.6 is 11.6 Å². The van der Waals surface area contributed by atoms with E-state index in [9.17, 15) is 4.79 Å². The van der Waals surface area contributed by atoms with Crippen molar-refractivity contribution in [1.82, 2.24) is 5.32 Å². The van der Waals surface area contributed by atoms with Crippen molar-refractivity contribution in [3.8, 4) is 0 Å². The lowest BCUT2D eigenvalue weighted by molar-refractivity contribution is -0.124. The summed E-state index contributed by atoms with van der Waals surface area (Å²) >= 11 is 5.71. The van der Waals surface area contributed by atoms with Crippen molar-refractivity contribution in [1.29, 1.82) is 0 Å². The van der Waals surface area contributed by atoms with Crippen molar-refractivity contribution in [2.24, 2.45) is 11.8 Å². The Hall–Kier alpha value is -0.240. The zero-order valence-corrected chi connectivity index (χ0v) is 10.4. The third-order valence-corrected chi connectivity index (χ3v) is 3.69. The van der Waals surface area contributed by atoms with Gasteiger partial charge in [-0.25, -0.2) is 0 Å². The average molecular weight is 232 g/mol. The van der Waals surface area contributed by atoms with E-state index in [2.05, 4.69) is 12.2 Å². The summed E-state index contributed by atoms with van der Waals surface area (Å²) in [5, 5.41) is 3.02. The molecule has 1 atom stereocenters. The topological polar surface area (TPSA) is 29.1 Å². The molecule has 0 aromatic carbocycles. The van der Waals surface area contributed by atoms with E-state index in [-0.39, 0.29) is 5.91 Å². The second kappa shape index (κ2) is 7.10. The Bertz CT molecular complexity index is 190. The highest BCUT2D eigenvalue weighted by molar-refractivity contribution is 6.18. The van der Waals surface area contributed by atoms with Crippen LogP contribution in [0.2, 0.25) is 0 Å². The van der Waals surface area contributed by atoms with E-state index in [0.717, 1.165) is 38.1 Å². The van der Waals surface area contributed by atoms with E-state index >= 15 is 0 Å². The van der Waals surface area contributed by atoms with Crippen molar-refractivity contribution in [2.75, 3.05) is 12.4 Å². The maximum Gasteiger partial charge on any atom is 0.223 e. The van der Waals surface area contributed by atoms with E-state index in [1.54, 1.807) is 0 Å². The highest BCUT2D eigenvalue weighted by Crippen LogP contribution is 2.24. The first-order chi connectivity index (χ1) is 7.24. The molecule has 3 heteroatoms. The molecule has 0 radical (unpaired) electrons. The van der Waals surface area contributed by atoms with Crippen LogP contribution < -0.4 is 5.32 Å². The Morgan fingerprint density at radius 3 is 2.73 bits per heavy atom. The van der Waals surface area contributed by atoms with Gasteiger partial charge < -0.3 is 5.32 Å². The van der Waals surface area contributed by atoms with Gasteiger partial charge in [-0.15, -0.1) is 11.6 Å². The molecule has 0 aliphatic heterocycles. The van der Waals surface area contributed by atoms with Crippen molar-refractivity contribution in [3.05, 3.63) is 0 Å². The first kappa shape index (κ1) is 12.8. The van der Waals surface area contributed by atoms with Gasteiger partial charge in [0.1, 0.15) is 0 Å². The molecule has 1 unspecified atom stereocenters. The number of halogens is 1. The molecule has 1 rings (SSSR count). The second-order valence-electron chi connectivity index (χ2n) is 4.67. The van der Waals surface area contributed by atoms with Gasteiger partial charge in [0, 0.05) is 18.3 Å². The zero-order valence-electron chi connectivity index (χ0n) is 9.60. The molecule has 1 saturated carbocycles. The number of nitrogens with one attached hydrogen (secondary N) is 1. The fourth-order valence-electron chi connectivity index (χ4n) is 2.07. The number of hydrogen-bond acceptors (Lipinski definition) is 1. The molecule has 1 fully saturated rings. The van der Waals surface area contributed by atoms with E-state index < -0.39 is 0 Å². The highest BCUT2D eigenvalue weighted by atomic mass is 35.5. The van der Waals surface area contributed by atoms with Crippen LogP contribution in [0.5, 0.6) is 0 Å². The molecule has 1 aliphatic rings. The van der Waals surface area contributed by atoms with E-state index in [1.807, 2.05) is 0 Å². The third-order valence-electron chi connectivity index (χ3n) is 3.16. The summed E-state index contributed by atoms with van der Waals surface area (Å²) in [5.74, 6) is 1.85. The largest absolute Gasteiger partial charge is 0.356 e. The van der Waals surface area contributed by atoms with Crippen LogP contribution in [-0.2, 0) is 4.79 Å². The minimum Gasteiger partial charge on any atom is -0.356 e. The zero-order chi connectivity index (χ0) is 11.1. The fraction of sp³-hybridized carbons (Fsp3) is 0.917. The first-order valence-corrected chi connectivity index (χ1v) is 6.61. The minimum atomic E-state index is 0.269. The van der Waals surface area contributed by atoms with Crippen LogP contribution in [0.3, 0.4) is 0 Å². The average Bonchev–Trinajstić information content (AvgIpc) is 2.77. The van der Waals surface area contributed by atoms with Crippen LogP contribution in [0, 0.1) is 11.8 Å². The van der Waals surface area contributed by atoms with Gasteiger partial charge in [0.2, 0.25) is 5.91 Å². The molecule has 15 heavy (non-hydrogen) atoms. The first-order valence-electron chi connectivity index (χ1n) is 6.07. The minimum absolute atomic E-state index is 0.269. The summed E-state index contributed by atoms with van der Waals surface area (Å²) in [5.41, 5.74) is 0. The molecule has 88 valence electrons. The Balaban J connectivity index is 2.01. The maximum atomic E-state index is 11.6. The number of hydrogen-bond donors (Lipinski definition) is 1. The number of amides is 1. The van der Waals surface area contributed by atoms with E-state index in [1.165, 1.54) is 12.8 Å². The smallest absolute Gasteiger partial charge is 0.223 e. The standard InChI is InChI=1S/C12H22ClNO/c1-10(9-13)5-4-8-14-12(15)11-6-2-3-7-11/h10-11H,2-9H2,1H3,(H,14,15). The molecular formula is C12H22ClNO. The van der Waals surface area contributed by atoms with Crippen molar-refractivity contribution in [2.45, 2.75) is 45.4 Å². The molecule has 0 spiro atoms. The van der Waals surface area contributed by atoms with Gasteiger partial charge in [-0.05, 0) is 31.6 Å². The molecule has 0 bridgehead atoms. The van der Waals surface area contributed by atoms with E-state index in [4.69, 9.17) is 11.6 Å². The number of alkyl halides is 1. The van der Waals surface area contributed by atoms with Crippen LogP contribution in [0.25, 0.3) is 0 Å². The molecule has 0 aromatic rings. The van der Waals surface area contributed by atoms with Crippen LogP contribution in [0.15, 0.2) is 0 Å². The normalized spacial score (nSPS) is 19.1. The van der Waals surface area contributed by atoms with Gasteiger partial charge in [0.05, 0.1) is 0 Å². The highest BCUT2D eigenvalue weighted by Gasteiger charge is 2.21. The Kier molecular flexibility index (Phi) is 6.07. The summed E-state index contributed by atoms with van der Waals surface area (Å²) < 4.78 is 0. The Morgan fingerprint density at radius 1 is 1.47 bits per heavy atom. The van der Waals surface area contributed by atoms with Crippen molar-refractivity contribution in [3.63, 3.8) is 0 Å². The van der Waals surface area contributed by atoms with Crippen molar-refractivity contribution < 1.29 is 4.79 Å². The van der Waals surface area contributed by atoms with Crippen LogP contribution in [0.4, 0.5) is 0 Å². The van der Waals surface area contributed by atoms with Gasteiger partial charge in [0.25, 0.3) is 0 Å². The number of carbonyl (C=O) groups is 1. The number of carbonyl (C=O) groups excluding carboxylic acids is 1. The van der Waals surface area contributed by atoms with Gasteiger partial charge in [0.15, 0.2) is 0 Å². The number of rotatable bonds is 6. The van der Waals surface area contributed by atoms with Gasteiger partial charge in [-0.1, -0.05) is 19.8 Å². The molecule has 2 nitrogen and oxygen atoms in total. The van der Waals surface area contributed by atoms with Crippen molar-refractivity contribution >= 4 is 17.5 Å². The van der Waals surface area contributed by atoms with Crippen LogP contribution in [0.1, 0.15) is 45.4 Å². The van der Waals surface area contributed by atoms with Gasteiger partial charge in [-0.2, -0.15) is 0 Å². The summed E-state index contributed by atoms with van der Waals surface area (Å²) in [7, 11) is 0. The third kappa shape index (κ3) is 4.87. The molecular weight excluding hydrogens is 210 g/mol. The lowest BCUT2D eigenvalue weighted by Crippen LogP contribution is -2.30. The quantitative estimate of drug-likeness (QED) is 0.553. The molecule has 0 saturated heterocycles. The molecule has 0 aromatic heterocycles. The molecule has 0 heterocycles. The van der Waals surface area contributed by atoms with Gasteiger partial charge in [-0.3, -0.25) is 4.79 Å². The van der Waals surface area contributed by atoms with E-state index in [0.29, 0.717) is 11.8 Å². The summed E-state index contributed by atoms with van der Waals surface area (Å²) in [4.78, 5) is 11.6. The molecule has 1 aliphatic carbocycles. The molecule has 1 amide bonds. The lowest BCUT2D eigenvalue weighted by atomic mass is 10.1. The predicted octanol–water partition coefficient (Wildman–Crippen LogP) is 2.95.